The van der Waals surface area contributed by atoms with Gasteiger partial charge < -0.3 is 16.0 Å². The molecule has 3 rings (SSSR count). The summed E-state index contributed by atoms with van der Waals surface area (Å²) in [6.45, 7) is 7.11. The second kappa shape index (κ2) is 12.5. The van der Waals surface area contributed by atoms with Crippen LogP contribution in [0.4, 0.5) is 11.4 Å². The van der Waals surface area contributed by atoms with Gasteiger partial charge in [-0.05, 0) is 49.1 Å². The summed E-state index contributed by atoms with van der Waals surface area (Å²) in [6.07, 6.45) is 1.12. The highest BCUT2D eigenvalue weighted by atomic mass is 35.5. The van der Waals surface area contributed by atoms with Crippen molar-refractivity contribution in [1.29, 1.82) is 0 Å². The Balaban J connectivity index is 0.00000240. The number of rotatable bonds is 6. The van der Waals surface area contributed by atoms with Crippen LogP contribution in [0.5, 0.6) is 0 Å². The molecule has 0 aromatic heterocycles. The van der Waals surface area contributed by atoms with Crippen LogP contribution in [0.1, 0.15) is 23.1 Å². The van der Waals surface area contributed by atoms with Crippen LogP contribution in [0.3, 0.4) is 0 Å². The number of benzene rings is 2. The molecule has 0 atom stereocenters. The first-order valence-corrected chi connectivity index (χ1v) is 10.1. The fourth-order valence-electron chi connectivity index (χ4n) is 3.60. The van der Waals surface area contributed by atoms with Gasteiger partial charge in [0.15, 0.2) is 0 Å². The molecule has 2 amide bonds. The Hall–Kier alpha value is -2.28. The lowest BCUT2D eigenvalue weighted by Gasteiger charge is -2.34. The van der Waals surface area contributed by atoms with Gasteiger partial charge in [-0.1, -0.05) is 30.3 Å². The molecular formula is C23H32Cl2N4O2. The second-order valence-electron chi connectivity index (χ2n) is 7.65. The molecule has 0 spiro atoms. The van der Waals surface area contributed by atoms with Crippen molar-refractivity contribution in [2.45, 2.75) is 26.7 Å². The maximum atomic E-state index is 12.5. The molecule has 0 aliphatic carbocycles. The van der Waals surface area contributed by atoms with E-state index < -0.39 is 0 Å². The average Bonchev–Trinajstić information content (AvgIpc) is 2.71. The molecule has 1 heterocycles. The van der Waals surface area contributed by atoms with Crippen LogP contribution in [0.2, 0.25) is 0 Å². The smallest absolute Gasteiger partial charge is 0.238 e. The molecule has 6 nitrogen and oxygen atoms in total. The first-order chi connectivity index (χ1) is 13.9. The number of piperazine rings is 1. The van der Waals surface area contributed by atoms with Gasteiger partial charge >= 0.3 is 0 Å². The lowest BCUT2D eigenvalue weighted by atomic mass is 10.1. The number of amides is 2. The van der Waals surface area contributed by atoms with E-state index in [-0.39, 0.29) is 36.6 Å². The quantitative estimate of drug-likeness (QED) is 0.638. The number of hydrogen-bond acceptors (Lipinski definition) is 4. The second-order valence-corrected chi connectivity index (χ2v) is 7.65. The van der Waals surface area contributed by atoms with Crippen LogP contribution >= 0.6 is 24.8 Å². The molecule has 1 aliphatic rings. The summed E-state index contributed by atoms with van der Waals surface area (Å²) in [6, 6.07) is 13.6. The molecule has 0 bridgehead atoms. The first-order valence-electron chi connectivity index (χ1n) is 10.1. The number of nitrogens with two attached hydrogens (primary N) is 1. The third-order valence-electron chi connectivity index (χ3n) is 5.63. The van der Waals surface area contributed by atoms with E-state index in [1.165, 1.54) is 0 Å². The number of aryl methyl sites for hydroxylation is 2. The van der Waals surface area contributed by atoms with Gasteiger partial charge in [0.2, 0.25) is 11.8 Å². The molecule has 3 N–H and O–H groups in total. The summed E-state index contributed by atoms with van der Waals surface area (Å²) >= 11 is 0. The van der Waals surface area contributed by atoms with Gasteiger partial charge in [0.25, 0.3) is 0 Å². The Morgan fingerprint density at radius 2 is 1.65 bits per heavy atom. The van der Waals surface area contributed by atoms with Crippen molar-refractivity contribution in [2.75, 3.05) is 43.8 Å². The number of hydrogen-bond donors (Lipinski definition) is 2. The Kier molecular flexibility index (Phi) is 10.8. The van der Waals surface area contributed by atoms with E-state index in [2.05, 4.69) is 10.2 Å². The van der Waals surface area contributed by atoms with Crippen LogP contribution in [0.15, 0.2) is 42.5 Å². The third kappa shape index (κ3) is 7.42. The number of anilines is 2. The minimum atomic E-state index is -0.0157. The first kappa shape index (κ1) is 26.8. The lowest BCUT2D eigenvalue weighted by molar-refractivity contribution is -0.133. The zero-order valence-electron chi connectivity index (χ0n) is 18.1. The Bertz CT molecular complexity index is 884. The molecule has 170 valence electrons. The van der Waals surface area contributed by atoms with Crippen LogP contribution in [0.25, 0.3) is 0 Å². The van der Waals surface area contributed by atoms with Gasteiger partial charge in [0.1, 0.15) is 0 Å². The highest BCUT2D eigenvalue weighted by molar-refractivity contribution is 5.93. The van der Waals surface area contributed by atoms with Gasteiger partial charge in [-0.25, -0.2) is 0 Å². The molecule has 0 saturated carbocycles. The van der Waals surface area contributed by atoms with Gasteiger partial charge in [0.05, 0.1) is 6.54 Å². The number of halogens is 2. The van der Waals surface area contributed by atoms with Gasteiger partial charge in [-0.3, -0.25) is 14.5 Å². The maximum Gasteiger partial charge on any atom is 0.238 e. The van der Waals surface area contributed by atoms with E-state index in [1.807, 2.05) is 61.2 Å². The average molecular weight is 467 g/mol. The van der Waals surface area contributed by atoms with Gasteiger partial charge in [-0.15, -0.1) is 24.8 Å². The summed E-state index contributed by atoms with van der Waals surface area (Å²) in [4.78, 5) is 28.9. The number of carbonyl (C=O) groups excluding carboxylic acids is 2. The molecule has 2 aromatic rings. The zero-order chi connectivity index (χ0) is 20.8. The number of nitrogen functional groups attached to an aromatic ring is 1. The van der Waals surface area contributed by atoms with E-state index in [1.54, 1.807) is 0 Å². The van der Waals surface area contributed by atoms with E-state index in [4.69, 9.17) is 5.73 Å². The topological polar surface area (TPSA) is 78.7 Å². The molecular weight excluding hydrogens is 435 g/mol. The van der Waals surface area contributed by atoms with Gasteiger partial charge in [0, 0.05) is 44.0 Å². The van der Waals surface area contributed by atoms with Crippen molar-refractivity contribution >= 4 is 48.0 Å². The highest BCUT2D eigenvalue weighted by Crippen LogP contribution is 2.18. The summed E-state index contributed by atoms with van der Waals surface area (Å²) in [5.41, 5.74) is 10.8. The van der Waals surface area contributed by atoms with Crippen molar-refractivity contribution in [2.24, 2.45) is 0 Å². The SMILES string of the molecule is Cc1cccc(NC(=O)CN2CCN(C(=O)CCc3ccccc3N)CC2)c1C.Cl.Cl. The van der Waals surface area contributed by atoms with Crippen molar-refractivity contribution in [3.8, 4) is 0 Å². The third-order valence-corrected chi connectivity index (χ3v) is 5.63. The summed E-state index contributed by atoms with van der Waals surface area (Å²) in [5.74, 6) is 0.130. The minimum absolute atomic E-state index is 0. The fourth-order valence-corrected chi connectivity index (χ4v) is 3.60. The monoisotopic (exact) mass is 466 g/mol. The van der Waals surface area contributed by atoms with Crippen LogP contribution in [-0.2, 0) is 16.0 Å². The number of carbonyl (C=O) groups is 2. The van der Waals surface area contributed by atoms with Crippen molar-refractivity contribution in [3.05, 3.63) is 59.2 Å². The summed E-state index contributed by atoms with van der Waals surface area (Å²) < 4.78 is 0. The molecule has 1 aliphatic heterocycles. The fraction of sp³-hybridized carbons (Fsp3) is 0.391. The molecule has 0 unspecified atom stereocenters. The summed E-state index contributed by atoms with van der Waals surface area (Å²) in [7, 11) is 0. The number of para-hydroxylation sites is 1. The minimum Gasteiger partial charge on any atom is -0.399 e. The normalized spacial score (nSPS) is 13.7. The maximum absolute atomic E-state index is 12.5. The van der Waals surface area contributed by atoms with Crippen molar-refractivity contribution < 1.29 is 9.59 Å². The zero-order valence-corrected chi connectivity index (χ0v) is 19.7. The number of nitrogens with zero attached hydrogens (tertiary/aromatic N) is 2. The Labute approximate surface area is 197 Å². The van der Waals surface area contributed by atoms with Crippen molar-refractivity contribution in [1.82, 2.24) is 9.80 Å². The molecule has 8 heteroatoms. The van der Waals surface area contributed by atoms with Gasteiger partial charge in [-0.2, -0.15) is 0 Å². The van der Waals surface area contributed by atoms with E-state index in [9.17, 15) is 9.59 Å². The van der Waals surface area contributed by atoms with Crippen LogP contribution in [-0.4, -0.2) is 54.3 Å². The lowest BCUT2D eigenvalue weighted by Crippen LogP contribution is -2.50. The highest BCUT2D eigenvalue weighted by Gasteiger charge is 2.22. The van der Waals surface area contributed by atoms with Crippen LogP contribution in [0, 0.1) is 13.8 Å². The number of nitrogens with one attached hydrogen (secondary N) is 1. The Morgan fingerprint density at radius 1 is 0.968 bits per heavy atom. The molecule has 1 saturated heterocycles. The predicted molar refractivity (Wildman–Crippen MR) is 131 cm³/mol. The van der Waals surface area contributed by atoms with E-state index >= 15 is 0 Å². The van der Waals surface area contributed by atoms with E-state index in [0.717, 1.165) is 28.1 Å². The predicted octanol–water partition coefficient (Wildman–Crippen LogP) is 3.44. The molecule has 0 radical (unpaired) electrons. The van der Waals surface area contributed by atoms with Crippen molar-refractivity contribution in [3.63, 3.8) is 0 Å². The Morgan fingerprint density at radius 3 is 2.32 bits per heavy atom. The molecule has 1 fully saturated rings. The summed E-state index contributed by atoms with van der Waals surface area (Å²) in [5, 5.41) is 3.00. The molecule has 31 heavy (non-hydrogen) atoms. The standard InChI is InChI=1S/C23H30N4O2.2ClH/c1-17-6-5-9-21(18(17)2)25-22(28)16-26-12-14-27(15-13-26)23(29)11-10-19-7-3-4-8-20(19)24;;/h3-9H,10-16,24H2,1-2H3,(H,25,28);2*1H. The van der Waals surface area contributed by atoms with E-state index in [0.29, 0.717) is 45.6 Å². The largest absolute Gasteiger partial charge is 0.399 e. The van der Waals surface area contributed by atoms with Crippen LogP contribution < -0.4 is 11.1 Å². The molecule has 2 aromatic carbocycles.